The summed E-state index contributed by atoms with van der Waals surface area (Å²) >= 11 is 3.66. The number of rotatable bonds is 1. The van der Waals surface area contributed by atoms with Crippen LogP contribution in [-0.2, 0) is 0 Å². The van der Waals surface area contributed by atoms with E-state index in [2.05, 4.69) is 105 Å². The third-order valence-corrected chi connectivity index (χ3v) is 5.97. The van der Waals surface area contributed by atoms with Gasteiger partial charge < -0.3 is 0 Å². The monoisotopic (exact) mass is 422 g/mol. The summed E-state index contributed by atoms with van der Waals surface area (Å²) in [7, 11) is 0. The molecule has 0 N–H and O–H groups in total. The molecular weight excluding hydrogens is 408 g/mol. The number of halogens is 1. The van der Waals surface area contributed by atoms with E-state index in [9.17, 15) is 0 Å². The van der Waals surface area contributed by atoms with Crippen molar-refractivity contribution in [3.8, 4) is 5.82 Å². The van der Waals surface area contributed by atoms with Crippen LogP contribution in [0.5, 0.6) is 0 Å². The van der Waals surface area contributed by atoms with E-state index in [0.717, 1.165) is 15.7 Å². The van der Waals surface area contributed by atoms with Crippen LogP contribution in [0.4, 0.5) is 0 Å². The van der Waals surface area contributed by atoms with Crippen molar-refractivity contribution in [2.24, 2.45) is 0 Å². The fourth-order valence-corrected chi connectivity index (χ4v) is 4.63. The molecule has 6 aromatic rings. The van der Waals surface area contributed by atoms with Gasteiger partial charge in [-0.1, -0.05) is 70.5 Å². The second-order valence-electron chi connectivity index (χ2n) is 7.03. The largest absolute Gasteiger partial charge is 0.293 e. The Bertz CT molecular complexity index is 1520. The van der Waals surface area contributed by atoms with Crippen molar-refractivity contribution in [1.82, 2.24) is 9.55 Å². The highest BCUT2D eigenvalue weighted by Crippen LogP contribution is 2.38. The quantitative estimate of drug-likeness (QED) is 0.272. The summed E-state index contributed by atoms with van der Waals surface area (Å²) < 4.78 is 3.38. The van der Waals surface area contributed by atoms with E-state index in [1.54, 1.807) is 0 Å². The highest BCUT2D eigenvalue weighted by molar-refractivity contribution is 9.10. The second-order valence-corrected chi connectivity index (χ2v) is 7.95. The Balaban J connectivity index is 1.88. The Hall–Kier alpha value is -3.17. The van der Waals surface area contributed by atoms with E-state index in [0.29, 0.717) is 0 Å². The van der Waals surface area contributed by atoms with Gasteiger partial charge in [0, 0.05) is 26.8 Å². The fraction of sp³-hybridized carbons (Fsp3) is 0. The molecule has 0 fully saturated rings. The standard InChI is InChI=1S/C25H15BrN2/c26-18-10-12-22-21(15-18)24-19-7-3-1-5-16(19)9-11-23(24)28(22)25-20-8-4-2-6-17(20)13-14-27-25/h1-15H. The van der Waals surface area contributed by atoms with Crippen molar-refractivity contribution in [2.45, 2.75) is 0 Å². The van der Waals surface area contributed by atoms with E-state index in [4.69, 9.17) is 4.98 Å². The van der Waals surface area contributed by atoms with Gasteiger partial charge in [-0.15, -0.1) is 0 Å². The van der Waals surface area contributed by atoms with Crippen molar-refractivity contribution in [2.75, 3.05) is 0 Å². The van der Waals surface area contributed by atoms with E-state index < -0.39 is 0 Å². The second kappa shape index (κ2) is 5.91. The van der Waals surface area contributed by atoms with Gasteiger partial charge in [0.2, 0.25) is 0 Å². The molecule has 0 spiro atoms. The first-order valence-electron chi connectivity index (χ1n) is 9.27. The molecule has 3 heteroatoms. The third kappa shape index (κ3) is 2.17. The number of nitrogens with zero attached hydrogens (tertiary/aromatic N) is 2. The predicted octanol–water partition coefficient (Wildman–Crippen LogP) is 7.25. The van der Waals surface area contributed by atoms with Gasteiger partial charge >= 0.3 is 0 Å². The SMILES string of the molecule is Brc1ccc2c(c1)c1c3ccccc3ccc1n2-c1nccc2ccccc12. The summed E-state index contributed by atoms with van der Waals surface area (Å²) in [5.41, 5.74) is 2.34. The zero-order chi connectivity index (χ0) is 18.7. The van der Waals surface area contributed by atoms with Crippen LogP contribution in [0.2, 0.25) is 0 Å². The Kier molecular flexibility index (Phi) is 3.35. The highest BCUT2D eigenvalue weighted by Gasteiger charge is 2.17. The molecule has 0 aliphatic heterocycles. The molecule has 0 saturated heterocycles. The molecule has 0 saturated carbocycles. The molecule has 0 aliphatic carbocycles. The average Bonchev–Trinajstić information content (AvgIpc) is 3.07. The Labute approximate surface area is 170 Å². The van der Waals surface area contributed by atoms with Crippen LogP contribution in [0, 0.1) is 0 Å². The van der Waals surface area contributed by atoms with Gasteiger partial charge in [0.25, 0.3) is 0 Å². The molecule has 0 bridgehead atoms. The van der Waals surface area contributed by atoms with Crippen LogP contribution < -0.4 is 0 Å². The van der Waals surface area contributed by atoms with Gasteiger partial charge in [0.15, 0.2) is 0 Å². The number of hydrogen-bond donors (Lipinski definition) is 0. The zero-order valence-corrected chi connectivity index (χ0v) is 16.5. The van der Waals surface area contributed by atoms with Gasteiger partial charge in [-0.3, -0.25) is 4.57 Å². The summed E-state index contributed by atoms with van der Waals surface area (Å²) in [6, 6.07) is 30.0. The predicted molar refractivity (Wildman–Crippen MR) is 121 cm³/mol. The average molecular weight is 423 g/mol. The lowest BCUT2D eigenvalue weighted by Crippen LogP contribution is -1.98. The van der Waals surface area contributed by atoms with Crippen LogP contribution >= 0.6 is 15.9 Å². The molecule has 4 aromatic carbocycles. The number of benzene rings is 4. The van der Waals surface area contributed by atoms with Crippen molar-refractivity contribution in [1.29, 1.82) is 0 Å². The number of aromatic nitrogens is 2. The number of hydrogen-bond acceptors (Lipinski definition) is 1. The smallest absolute Gasteiger partial charge is 0.145 e. The van der Waals surface area contributed by atoms with Gasteiger partial charge in [-0.05, 0) is 46.5 Å². The molecular formula is C25H15BrN2. The number of pyridine rings is 1. The molecule has 0 amide bonds. The molecule has 2 aromatic heterocycles. The minimum Gasteiger partial charge on any atom is -0.293 e. The summed E-state index contributed by atoms with van der Waals surface area (Å²) in [6.45, 7) is 0. The van der Waals surface area contributed by atoms with Gasteiger partial charge in [-0.25, -0.2) is 4.98 Å². The van der Waals surface area contributed by atoms with Crippen molar-refractivity contribution in [3.63, 3.8) is 0 Å². The molecule has 0 unspecified atom stereocenters. The Morgan fingerprint density at radius 2 is 1.36 bits per heavy atom. The first-order chi connectivity index (χ1) is 13.8. The topological polar surface area (TPSA) is 17.8 Å². The molecule has 0 aliphatic rings. The third-order valence-electron chi connectivity index (χ3n) is 5.48. The van der Waals surface area contributed by atoms with Gasteiger partial charge in [-0.2, -0.15) is 0 Å². The lowest BCUT2D eigenvalue weighted by Gasteiger charge is -2.10. The molecule has 6 rings (SSSR count). The number of fused-ring (bicyclic) bond motifs is 6. The van der Waals surface area contributed by atoms with E-state index in [1.165, 1.54) is 38.0 Å². The van der Waals surface area contributed by atoms with E-state index in [1.807, 2.05) is 6.20 Å². The lowest BCUT2D eigenvalue weighted by atomic mass is 10.0. The van der Waals surface area contributed by atoms with Crippen molar-refractivity contribution in [3.05, 3.63) is 95.6 Å². The van der Waals surface area contributed by atoms with Crippen molar-refractivity contribution >= 4 is 59.3 Å². The normalized spacial score (nSPS) is 11.8. The van der Waals surface area contributed by atoms with Crippen LogP contribution in [0.1, 0.15) is 0 Å². The van der Waals surface area contributed by atoms with Gasteiger partial charge in [0.1, 0.15) is 5.82 Å². The summed E-state index contributed by atoms with van der Waals surface area (Å²) in [6.07, 6.45) is 1.90. The maximum atomic E-state index is 4.80. The minimum absolute atomic E-state index is 0.968. The molecule has 28 heavy (non-hydrogen) atoms. The first kappa shape index (κ1) is 15.8. The summed E-state index contributed by atoms with van der Waals surface area (Å²) in [5, 5.41) is 7.36. The zero-order valence-electron chi connectivity index (χ0n) is 14.9. The first-order valence-corrected chi connectivity index (χ1v) is 10.1. The Morgan fingerprint density at radius 1 is 0.643 bits per heavy atom. The summed E-state index contributed by atoms with van der Waals surface area (Å²) in [5.74, 6) is 0.968. The fourth-order valence-electron chi connectivity index (χ4n) is 4.27. The highest BCUT2D eigenvalue weighted by atomic mass is 79.9. The van der Waals surface area contributed by atoms with Crippen LogP contribution in [0.25, 0.3) is 49.2 Å². The Morgan fingerprint density at radius 3 is 2.21 bits per heavy atom. The minimum atomic E-state index is 0.968. The molecule has 2 nitrogen and oxygen atoms in total. The maximum absolute atomic E-state index is 4.80. The molecule has 132 valence electrons. The van der Waals surface area contributed by atoms with Crippen LogP contribution in [0.3, 0.4) is 0 Å². The molecule has 2 heterocycles. The van der Waals surface area contributed by atoms with E-state index >= 15 is 0 Å². The van der Waals surface area contributed by atoms with Crippen LogP contribution in [0.15, 0.2) is 95.6 Å². The molecule has 0 atom stereocenters. The van der Waals surface area contributed by atoms with E-state index in [-0.39, 0.29) is 0 Å². The van der Waals surface area contributed by atoms with Crippen molar-refractivity contribution < 1.29 is 0 Å². The maximum Gasteiger partial charge on any atom is 0.145 e. The lowest BCUT2D eigenvalue weighted by molar-refractivity contribution is 1.10. The molecule has 0 radical (unpaired) electrons. The van der Waals surface area contributed by atoms with Crippen LogP contribution in [-0.4, -0.2) is 9.55 Å². The van der Waals surface area contributed by atoms with Gasteiger partial charge in [0.05, 0.1) is 11.0 Å². The summed E-state index contributed by atoms with van der Waals surface area (Å²) in [4.78, 5) is 4.80.